The number of anilines is 2. The molecule has 0 fully saturated rings. The minimum atomic E-state index is -0.542. The predicted molar refractivity (Wildman–Crippen MR) is 96.4 cm³/mol. The fourth-order valence-corrected chi connectivity index (χ4v) is 3.28. The lowest BCUT2D eigenvalue weighted by Crippen LogP contribution is -2.34. The predicted octanol–water partition coefficient (Wildman–Crippen LogP) is 3.38. The number of carbonyl (C=O) groups excluding carboxylic acids is 3. The highest BCUT2D eigenvalue weighted by Crippen LogP contribution is 2.32. The van der Waals surface area contributed by atoms with E-state index in [1.165, 1.54) is 11.3 Å². The van der Waals surface area contributed by atoms with Gasteiger partial charge in [-0.1, -0.05) is 0 Å². The molecule has 6 nitrogen and oxygen atoms in total. The number of hydrogen-bond acceptors (Lipinski definition) is 5. The zero-order valence-corrected chi connectivity index (χ0v) is 14.7. The molecule has 3 rings (SSSR count). The average Bonchev–Trinajstić information content (AvgIpc) is 3.00. The lowest BCUT2D eigenvalue weighted by Gasteiger charge is -2.23. The number of nitrogens with one attached hydrogen (secondary N) is 2. The fraction of sp³-hybridized carbons (Fsp3) is 0.278. The van der Waals surface area contributed by atoms with Crippen molar-refractivity contribution in [2.24, 2.45) is 0 Å². The molecule has 25 heavy (non-hydrogen) atoms. The number of fused-ring (bicyclic) bond motifs is 1. The Bertz CT molecular complexity index is 843. The molecule has 2 N–H and O–H groups in total. The van der Waals surface area contributed by atoms with Crippen LogP contribution in [0.1, 0.15) is 34.3 Å². The molecule has 1 aromatic carbocycles. The van der Waals surface area contributed by atoms with Crippen LogP contribution in [0, 0.1) is 6.92 Å². The van der Waals surface area contributed by atoms with Crippen molar-refractivity contribution < 1.29 is 19.1 Å². The third-order valence-corrected chi connectivity index (χ3v) is 4.83. The standard InChI is InChI=1S/C18H18N2O4S/c1-10-3-7-16(25-10)14(21)5-8-17(22)19-12-4-6-15-13(9-12)20-18(23)11(2)24-15/h3-4,6-7,9,11H,5,8H2,1-2H3,(H,19,22)(H,20,23)/t11-/m0/s1. The lowest BCUT2D eigenvalue weighted by molar-refractivity contribution is -0.122. The summed E-state index contributed by atoms with van der Waals surface area (Å²) in [6, 6.07) is 8.71. The smallest absolute Gasteiger partial charge is 0.265 e. The van der Waals surface area contributed by atoms with E-state index >= 15 is 0 Å². The summed E-state index contributed by atoms with van der Waals surface area (Å²) >= 11 is 1.43. The Morgan fingerprint density at radius 3 is 2.76 bits per heavy atom. The van der Waals surface area contributed by atoms with Crippen LogP contribution >= 0.6 is 11.3 Å². The molecule has 7 heteroatoms. The summed E-state index contributed by atoms with van der Waals surface area (Å²) in [5.74, 6) is 0.0486. The van der Waals surface area contributed by atoms with E-state index in [4.69, 9.17) is 4.74 Å². The topological polar surface area (TPSA) is 84.5 Å². The Morgan fingerprint density at radius 2 is 2.04 bits per heavy atom. The molecule has 0 saturated heterocycles. The van der Waals surface area contributed by atoms with Crippen molar-refractivity contribution in [3.05, 3.63) is 40.1 Å². The van der Waals surface area contributed by atoms with E-state index in [0.717, 1.165) is 4.88 Å². The summed E-state index contributed by atoms with van der Waals surface area (Å²) in [6.07, 6.45) is -0.277. The maximum atomic E-state index is 12.1. The number of ether oxygens (including phenoxy) is 1. The summed E-state index contributed by atoms with van der Waals surface area (Å²) in [5, 5.41) is 5.46. The van der Waals surface area contributed by atoms with Crippen molar-refractivity contribution in [2.45, 2.75) is 32.8 Å². The highest BCUT2D eigenvalue weighted by atomic mass is 32.1. The van der Waals surface area contributed by atoms with Gasteiger partial charge < -0.3 is 15.4 Å². The Labute approximate surface area is 149 Å². The maximum absolute atomic E-state index is 12.1. The molecule has 1 atom stereocenters. The number of thiophene rings is 1. The minimum absolute atomic E-state index is 0.0339. The molecule has 0 unspecified atom stereocenters. The van der Waals surface area contributed by atoms with Gasteiger partial charge in [0.25, 0.3) is 5.91 Å². The normalized spacial score (nSPS) is 15.8. The number of rotatable bonds is 5. The lowest BCUT2D eigenvalue weighted by atomic mass is 10.1. The monoisotopic (exact) mass is 358 g/mol. The van der Waals surface area contributed by atoms with Gasteiger partial charge in [0.15, 0.2) is 11.9 Å². The number of ketones is 1. The second-order valence-corrected chi connectivity index (χ2v) is 7.13. The van der Waals surface area contributed by atoms with Gasteiger partial charge in [0.2, 0.25) is 5.91 Å². The molecule has 1 aliphatic heterocycles. The molecular formula is C18H18N2O4S. The quantitative estimate of drug-likeness (QED) is 0.803. The molecule has 0 radical (unpaired) electrons. The second kappa shape index (κ2) is 7.06. The number of aryl methyl sites for hydroxylation is 1. The van der Waals surface area contributed by atoms with Crippen molar-refractivity contribution in [1.82, 2.24) is 0 Å². The highest BCUT2D eigenvalue weighted by Gasteiger charge is 2.23. The van der Waals surface area contributed by atoms with Crippen LogP contribution in [0.2, 0.25) is 0 Å². The summed E-state index contributed by atoms with van der Waals surface area (Å²) in [6.45, 7) is 3.60. The minimum Gasteiger partial charge on any atom is -0.479 e. The van der Waals surface area contributed by atoms with Gasteiger partial charge in [0.1, 0.15) is 5.75 Å². The van der Waals surface area contributed by atoms with Crippen molar-refractivity contribution >= 4 is 40.3 Å². The molecule has 2 heterocycles. The number of carbonyl (C=O) groups is 3. The van der Waals surface area contributed by atoms with Gasteiger partial charge in [0, 0.05) is 23.4 Å². The summed E-state index contributed by atoms with van der Waals surface area (Å²) in [5.41, 5.74) is 1.06. The van der Waals surface area contributed by atoms with Gasteiger partial charge >= 0.3 is 0 Å². The van der Waals surface area contributed by atoms with Crippen LogP contribution < -0.4 is 15.4 Å². The zero-order valence-electron chi connectivity index (χ0n) is 13.9. The van der Waals surface area contributed by atoms with Crippen LogP contribution in [0.3, 0.4) is 0 Å². The van der Waals surface area contributed by atoms with E-state index in [1.54, 1.807) is 31.2 Å². The molecule has 0 bridgehead atoms. The van der Waals surface area contributed by atoms with E-state index in [-0.39, 0.29) is 30.4 Å². The van der Waals surface area contributed by atoms with E-state index in [9.17, 15) is 14.4 Å². The van der Waals surface area contributed by atoms with Crippen molar-refractivity contribution in [3.8, 4) is 5.75 Å². The number of benzene rings is 1. The van der Waals surface area contributed by atoms with Crippen LogP contribution in [0.25, 0.3) is 0 Å². The third kappa shape index (κ3) is 4.06. The van der Waals surface area contributed by atoms with Gasteiger partial charge in [-0.05, 0) is 44.2 Å². The average molecular weight is 358 g/mol. The first kappa shape index (κ1) is 17.2. The fourth-order valence-electron chi connectivity index (χ4n) is 2.44. The van der Waals surface area contributed by atoms with Gasteiger partial charge in [-0.15, -0.1) is 11.3 Å². The largest absolute Gasteiger partial charge is 0.479 e. The Morgan fingerprint density at radius 1 is 1.24 bits per heavy atom. The van der Waals surface area contributed by atoms with E-state index in [2.05, 4.69) is 10.6 Å². The Hall–Kier alpha value is -2.67. The van der Waals surface area contributed by atoms with Crippen LogP contribution in [0.15, 0.2) is 30.3 Å². The molecule has 1 aliphatic rings. The number of amides is 2. The van der Waals surface area contributed by atoms with Gasteiger partial charge in [-0.2, -0.15) is 0 Å². The third-order valence-electron chi connectivity index (χ3n) is 3.79. The van der Waals surface area contributed by atoms with Crippen LogP contribution in [-0.4, -0.2) is 23.7 Å². The van der Waals surface area contributed by atoms with Gasteiger partial charge in [0.05, 0.1) is 10.6 Å². The molecule has 0 aliphatic carbocycles. The van der Waals surface area contributed by atoms with Crippen LogP contribution in [-0.2, 0) is 9.59 Å². The first-order valence-corrected chi connectivity index (χ1v) is 8.75. The summed E-state index contributed by atoms with van der Waals surface area (Å²) in [7, 11) is 0. The first-order chi connectivity index (χ1) is 11.9. The molecule has 2 amide bonds. The van der Waals surface area contributed by atoms with E-state index < -0.39 is 6.10 Å². The van der Waals surface area contributed by atoms with Gasteiger partial charge in [-0.25, -0.2) is 0 Å². The first-order valence-electron chi connectivity index (χ1n) is 7.93. The molecule has 1 aromatic heterocycles. The summed E-state index contributed by atoms with van der Waals surface area (Å²) < 4.78 is 5.47. The van der Waals surface area contributed by atoms with Crippen LogP contribution in [0.5, 0.6) is 5.75 Å². The number of hydrogen-bond donors (Lipinski definition) is 2. The molecule has 0 spiro atoms. The molecule has 130 valence electrons. The maximum Gasteiger partial charge on any atom is 0.265 e. The van der Waals surface area contributed by atoms with Crippen molar-refractivity contribution in [2.75, 3.05) is 10.6 Å². The zero-order chi connectivity index (χ0) is 18.0. The van der Waals surface area contributed by atoms with E-state index in [0.29, 0.717) is 22.0 Å². The Balaban J connectivity index is 1.57. The van der Waals surface area contributed by atoms with E-state index in [1.807, 2.05) is 13.0 Å². The van der Waals surface area contributed by atoms with Crippen molar-refractivity contribution in [1.29, 1.82) is 0 Å². The highest BCUT2D eigenvalue weighted by molar-refractivity contribution is 7.14. The second-order valence-electron chi connectivity index (χ2n) is 5.84. The molecule has 2 aromatic rings. The van der Waals surface area contributed by atoms with Gasteiger partial charge in [-0.3, -0.25) is 14.4 Å². The van der Waals surface area contributed by atoms with Crippen LogP contribution in [0.4, 0.5) is 11.4 Å². The molecule has 0 saturated carbocycles. The van der Waals surface area contributed by atoms with Crippen molar-refractivity contribution in [3.63, 3.8) is 0 Å². The molecular weight excluding hydrogens is 340 g/mol. The SMILES string of the molecule is Cc1ccc(C(=O)CCC(=O)Nc2ccc3c(c2)NC(=O)[C@H](C)O3)s1. The number of Topliss-reactive ketones (excluding diaryl/α,β-unsaturated/α-hetero) is 1. The summed E-state index contributed by atoms with van der Waals surface area (Å²) in [4.78, 5) is 37.5. The Kier molecular flexibility index (Phi) is 4.85.